The molecule has 2 aromatic carbocycles. The molecule has 0 N–H and O–H groups in total. The van der Waals surface area contributed by atoms with Crippen molar-refractivity contribution in [2.45, 2.75) is 13.2 Å². The molecule has 0 aliphatic carbocycles. The number of methoxy groups -OCH3 is 1. The number of carbonyl (C=O) groups excluding carboxylic acids is 1. The van der Waals surface area contributed by atoms with E-state index in [2.05, 4.69) is 4.90 Å². The van der Waals surface area contributed by atoms with Gasteiger partial charge in [0, 0.05) is 48.9 Å². The summed E-state index contributed by atoms with van der Waals surface area (Å²) in [5.41, 5.74) is 1.45. The zero-order valence-electron chi connectivity index (χ0n) is 17.7. The summed E-state index contributed by atoms with van der Waals surface area (Å²) in [6.45, 7) is 3.33. The molecule has 0 atom stereocenters. The van der Waals surface area contributed by atoms with E-state index in [1.165, 1.54) is 17.4 Å². The first-order valence-electron chi connectivity index (χ1n) is 10.3. The molecular formula is C24H24ClFN2O3S. The summed E-state index contributed by atoms with van der Waals surface area (Å²) >= 11 is 7.57. The fourth-order valence-corrected chi connectivity index (χ4v) is 4.72. The Morgan fingerprint density at radius 1 is 1.09 bits per heavy atom. The molecule has 0 radical (unpaired) electrons. The Bertz CT molecular complexity index is 1060. The lowest BCUT2D eigenvalue weighted by Gasteiger charge is -2.34. The van der Waals surface area contributed by atoms with Crippen molar-refractivity contribution in [3.63, 3.8) is 0 Å². The van der Waals surface area contributed by atoms with Gasteiger partial charge in [-0.2, -0.15) is 0 Å². The Kier molecular flexibility index (Phi) is 7.29. The van der Waals surface area contributed by atoms with Gasteiger partial charge in [0.15, 0.2) is 11.5 Å². The molecule has 1 saturated heterocycles. The van der Waals surface area contributed by atoms with E-state index in [-0.39, 0.29) is 11.7 Å². The zero-order chi connectivity index (χ0) is 22.5. The van der Waals surface area contributed by atoms with Gasteiger partial charge in [-0.1, -0.05) is 29.8 Å². The van der Waals surface area contributed by atoms with Gasteiger partial charge in [-0.3, -0.25) is 9.69 Å². The Labute approximate surface area is 195 Å². The molecule has 0 spiro atoms. The molecule has 1 aliphatic heterocycles. The summed E-state index contributed by atoms with van der Waals surface area (Å²) in [7, 11) is 1.61. The molecule has 1 aliphatic rings. The molecule has 32 heavy (non-hydrogen) atoms. The van der Waals surface area contributed by atoms with Crippen molar-refractivity contribution in [1.29, 1.82) is 0 Å². The third-order valence-electron chi connectivity index (χ3n) is 5.43. The predicted octanol–water partition coefficient (Wildman–Crippen LogP) is 5.09. The minimum absolute atomic E-state index is 0.0158. The van der Waals surface area contributed by atoms with E-state index in [1.54, 1.807) is 19.2 Å². The number of nitrogens with zero attached hydrogens (tertiary/aromatic N) is 2. The number of piperazine rings is 1. The number of carbonyl (C=O) groups is 1. The van der Waals surface area contributed by atoms with Crippen LogP contribution in [-0.2, 0) is 13.2 Å². The van der Waals surface area contributed by atoms with Crippen LogP contribution in [-0.4, -0.2) is 49.0 Å². The topological polar surface area (TPSA) is 42.0 Å². The molecule has 0 bridgehead atoms. The minimum atomic E-state index is -0.294. The maximum atomic E-state index is 14.1. The largest absolute Gasteiger partial charge is 0.493 e. The Balaban J connectivity index is 1.30. The van der Waals surface area contributed by atoms with E-state index >= 15 is 0 Å². The average molecular weight is 475 g/mol. The van der Waals surface area contributed by atoms with E-state index in [9.17, 15) is 9.18 Å². The van der Waals surface area contributed by atoms with Gasteiger partial charge < -0.3 is 14.4 Å². The number of hydrogen-bond acceptors (Lipinski definition) is 5. The summed E-state index contributed by atoms with van der Waals surface area (Å²) in [6.07, 6.45) is 0. The Morgan fingerprint density at radius 2 is 1.84 bits per heavy atom. The first kappa shape index (κ1) is 22.6. The second-order valence-corrected chi connectivity index (χ2v) is 8.85. The van der Waals surface area contributed by atoms with Crippen molar-refractivity contribution >= 4 is 28.8 Å². The number of para-hydroxylation sites is 2. The molecule has 0 saturated carbocycles. The number of halogens is 2. The van der Waals surface area contributed by atoms with Crippen molar-refractivity contribution < 1.29 is 18.7 Å². The lowest BCUT2D eigenvalue weighted by Crippen LogP contribution is -2.48. The van der Waals surface area contributed by atoms with Crippen LogP contribution in [0.3, 0.4) is 0 Å². The van der Waals surface area contributed by atoms with Gasteiger partial charge in [0.05, 0.1) is 12.0 Å². The smallest absolute Gasteiger partial charge is 0.264 e. The third kappa shape index (κ3) is 5.23. The highest BCUT2D eigenvalue weighted by Crippen LogP contribution is 2.28. The summed E-state index contributed by atoms with van der Waals surface area (Å²) in [6, 6.07) is 14.1. The van der Waals surface area contributed by atoms with E-state index in [0.29, 0.717) is 66.3 Å². The van der Waals surface area contributed by atoms with Crippen LogP contribution in [0.4, 0.5) is 4.39 Å². The number of rotatable bonds is 7. The monoisotopic (exact) mass is 474 g/mol. The molecule has 168 valence electrons. The fraction of sp³-hybridized carbons (Fsp3) is 0.292. The maximum absolute atomic E-state index is 14.1. The van der Waals surface area contributed by atoms with Gasteiger partial charge >= 0.3 is 0 Å². The van der Waals surface area contributed by atoms with Crippen LogP contribution < -0.4 is 9.47 Å². The van der Waals surface area contributed by atoms with Crippen LogP contribution in [0.1, 0.15) is 20.8 Å². The predicted molar refractivity (Wildman–Crippen MR) is 124 cm³/mol. The number of hydrogen-bond donors (Lipinski definition) is 0. The number of benzene rings is 2. The molecule has 1 aromatic heterocycles. The van der Waals surface area contributed by atoms with E-state index in [4.69, 9.17) is 21.1 Å². The van der Waals surface area contributed by atoms with E-state index in [0.717, 1.165) is 5.56 Å². The van der Waals surface area contributed by atoms with Gasteiger partial charge in [0.1, 0.15) is 12.4 Å². The first-order valence-corrected chi connectivity index (χ1v) is 11.6. The van der Waals surface area contributed by atoms with Crippen molar-refractivity contribution in [2.24, 2.45) is 0 Å². The van der Waals surface area contributed by atoms with Crippen LogP contribution >= 0.6 is 22.9 Å². The summed E-state index contributed by atoms with van der Waals surface area (Å²) in [5, 5.41) is 2.38. The summed E-state index contributed by atoms with van der Waals surface area (Å²) in [4.78, 5) is 17.6. The normalized spacial score (nSPS) is 14.4. The standard InChI is InChI=1S/C24H24ClFN2O3S/c1-30-21-7-2-3-8-22(21)31-15-17-13-23(32-16-17)24(29)28-11-9-27(10-12-28)14-18-19(25)5-4-6-20(18)26/h2-8,13,16H,9-12,14-15H2,1H3. The quantitative estimate of drug-likeness (QED) is 0.478. The molecule has 8 heteroatoms. The van der Waals surface area contributed by atoms with Crippen LogP contribution in [0.25, 0.3) is 0 Å². The van der Waals surface area contributed by atoms with Gasteiger partial charge in [0.2, 0.25) is 0 Å². The van der Waals surface area contributed by atoms with E-state index in [1.807, 2.05) is 40.6 Å². The number of amides is 1. The van der Waals surface area contributed by atoms with Gasteiger partial charge in [-0.05, 0) is 35.7 Å². The first-order chi connectivity index (χ1) is 15.5. The summed E-state index contributed by atoms with van der Waals surface area (Å²) < 4.78 is 25.2. The Morgan fingerprint density at radius 3 is 2.56 bits per heavy atom. The second-order valence-electron chi connectivity index (χ2n) is 7.53. The van der Waals surface area contributed by atoms with Gasteiger partial charge in [0.25, 0.3) is 5.91 Å². The highest BCUT2D eigenvalue weighted by Gasteiger charge is 2.24. The number of thiophene rings is 1. The molecule has 2 heterocycles. The summed E-state index contributed by atoms with van der Waals surface area (Å²) in [5.74, 6) is 1.06. The van der Waals surface area contributed by atoms with Crippen molar-refractivity contribution in [1.82, 2.24) is 9.80 Å². The molecular weight excluding hydrogens is 451 g/mol. The molecule has 1 amide bonds. The van der Waals surface area contributed by atoms with Crippen molar-refractivity contribution in [3.05, 3.63) is 80.8 Å². The molecule has 5 nitrogen and oxygen atoms in total. The molecule has 0 unspecified atom stereocenters. The third-order valence-corrected chi connectivity index (χ3v) is 6.75. The molecule has 3 aromatic rings. The lowest BCUT2D eigenvalue weighted by atomic mass is 10.1. The zero-order valence-corrected chi connectivity index (χ0v) is 19.3. The van der Waals surface area contributed by atoms with Crippen molar-refractivity contribution in [2.75, 3.05) is 33.3 Å². The Hall–Kier alpha value is -2.61. The SMILES string of the molecule is COc1ccccc1OCc1csc(C(=O)N2CCN(Cc3c(F)cccc3Cl)CC2)c1. The minimum Gasteiger partial charge on any atom is -0.493 e. The van der Waals surface area contributed by atoms with Gasteiger partial charge in [-0.25, -0.2) is 4.39 Å². The lowest BCUT2D eigenvalue weighted by molar-refractivity contribution is 0.0631. The van der Waals surface area contributed by atoms with Crippen LogP contribution in [0.2, 0.25) is 5.02 Å². The molecule has 1 fully saturated rings. The van der Waals surface area contributed by atoms with E-state index < -0.39 is 0 Å². The second kappa shape index (κ2) is 10.3. The number of ether oxygens (including phenoxy) is 2. The maximum Gasteiger partial charge on any atom is 0.264 e. The van der Waals surface area contributed by atoms with Crippen molar-refractivity contribution in [3.8, 4) is 11.5 Å². The van der Waals surface area contributed by atoms with Crippen LogP contribution in [0, 0.1) is 5.82 Å². The highest BCUT2D eigenvalue weighted by molar-refractivity contribution is 7.12. The highest BCUT2D eigenvalue weighted by atomic mass is 35.5. The average Bonchev–Trinajstić information content (AvgIpc) is 3.29. The molecule has 4 rings (SSSR count). The fourth-order valence-electron chi connectivity index (χ4n) is 3.63. The van der Waals surface area contributed by atoms with Crippen LogP contribution in [0.5, 0.6) is 11.5 Å². The van der Waals surface area contributed by atoms with Crippen LogP contribution in [0.15, 0.2) is 53.9 Å². The van der Waals surface area contributed by atoms with Gasteiger partial charge in [-0.15, -0.1) is 11.3 Å².